The molecule has 0 spiro atoms. The molecule has 0 saturated carbocycles. The van der Waals surface area contributed by atoms with Gasteiger partial charge in [-0.15, -0.1) is 0 Å². The van der Waals surface area contributed by atoms with Crippen LogP contribution in [0.15, 0.2) is 47.4 Å². The Hall–Kier alpha value is -1.69. The minimum absolute atomic E-state index is 0.207. The average Bonchev–Trinajstić information content (AvgIpc) is 2.51. The van der Waals surface area contributed by atoms with Crippen LogP contribution in [0.1, 0.15) is 10.4 Å². The van der Waals surface area contributed by atoms with Crippen molar-refractivity contribution >= 4 is 51.9 Å². The zero-order chi connectivity index (χ0) is 16.1. The second kappa shape index (κ2) is 7.54. The molecule has 0 aliphatic heterocycles. The van der Waals surface area contributed by atoms with Crippen molar-refractivity contribution in [3.05, 3.63) is 58.1 Å². The first-order valence-corrected chi connectivity index (χ1v) is 7.69. The molecule has 0 bridgehead atoms. The molecule has 114 valence electrons. The maximum Gasteiger partial charge on any atom is 0.411 e. The van der Waals surface area contributed by atoms with Crippen LogP contribution < -0.4 is 5.32 Å². The molecule has 1 amide bonds. The predicted octanol–water partition coefficient (Wildman–Crippen LogP) is 5.10. The largest absolute Gasteiger partial charge is 0.453 e. The van der Waals surface area contributed by atoms with Gasteiger partial charge >= 0.3 is 6.09 Å². The van der Waals surface area contributed by atoms with E-state index in [0.717, 1.165) is 16.7 Å². The van der Waals surface area contributed by atoms with Gasteiger partial charge in [-0.1, -0.05) is 23.2 Å². The fourth-order valence-corrected chi connectivity index (χ4v) is 2.79. The Labute approximate surface area is 141 Å². The van der Waals surface area contributed by atoms with E-state index in [1.165, 1.54) is 13.2 Å². The van der Waals surface area contributed by atoms with Crippen LogP contribution in [-0.4, -0.2) is 18.3 Å². The van der Waals surface area contributed by atoms with Gasteiger partial charge in [-0.2, -0.15) is 0 Å². The summed E-state index contributed by atoms with van der Waals surface area (Å²) in [5.41, 5.74) is 0.931. The van der Waals surface area contributed by atoms with Gasteiger partial charge in [-0.25, -0.2) is 4.79 Å². The molecule has 0 saturated heterocycles. The topological polar surface area (TPSA) is 55.4 Å². The van der Waals surface area contributed by atoms with Crippen molar-refractivity contribution in [3.63, 3.8) is 0 Å². The summed E-state index contributed by atoms with van der Waals surface area (Å²) in [6.07, 6.45) is -0.554. The zero-order valence-electron chi connectivity index (χ0n) is 11.4. The number of methoxy groups -OCH3 is 1. The highest BCUT2D eigenvalue weighted by Crippen LogP contribution is 2.29. The van der Waals surface area contributed by atoms with Crippen LogP contribution in [0.3, 0.4) is 0 Å². The third-order valence-corrected chi connectivity index (χ3v) is 4.12. The molecule has 0 aromatic heterocycles. The summed E-state index contributed by atoms with van der Waals surface area (Å²) in [6, 6.07) is 11.5. The highest BCUT2D eigenvalue weighted by molar-refractivity contribution is 8.14. The SMILES string of the molecule is COC(=O)Nc1ccc(SC(=O)c2cc(Cl)ccc2Cl)cc1. The van der Waals surface area contributed by atoms with Gasteiger partial charge < -0.3 is 4.74 Å². The molecule has 2 aromatic rings. The standard InChI is InChI=1S/C15H11Cl2NO3S/c1-21-15(20)18-10-3-5-11(6-4-10)22-14(19)12-8-9(16)2-7-13(12)17/h2-8H,1H3,(H,18,20). The van der Waals surface area contributed by atoms with Gasteiger partial charge in [0.25, 0.3) is 0 Å². The molecule has 1 N–H and O–H groups in total. The fourth-order valence-electron chi connectivity index (χ4n) is 1.59. The molecule has 2 rings (SSSR count). The van der Waals surface area contributed by atoms with Crippen LogP contribution >= 0.6 is 35.0 Å². The predicted molar refractivity (Wildman–Crippen MR) is 89.1 cm³/mol. The Kier molecular flexibility index (Phi) is 5.71. The lowest BCUT2D eigenvalue weighted by molar-refractivity contribution is 0.108. The Morgan fingerprint density at radius 3 is 2.41 bits per heavy atom. The number of carbonyl (C=O) groups excluding carboxylic acids is 2. The number of nitrogens with one attached hydrogen (secondary N) is 1. The number of thioether (sulfide) groups is 1. The molecule has 0 heterocycles. The number of hydrogen-bond donors (Lipinski definition) is 1. The summed E-state index contributed by atoms with van der Waals surface area (Å²) in [5.74, 6) is 0. The van der Waals surface area contributed by atoms with Crippen LogP contribution in [0.25, 0.3) is 0 Å². The van der Waals surface area contributed by atoms with E-state index in [1.807, 2.05) is 0 Å². The van der Waals surface area contributed by atoms with Crippen LogP contribution in [0.4, 0.5) is 10.5 Å². The second-order valence-electron chi connectivity index (χ2n) is 4.15. The quantitative estimate of drug-likeness (QED) is 0.777. The molecular formula is C15H11Cl2NO3S. The van der Waals surface area contributed by atoms with Crippen LogP contribution in [0.5, 0.6) is 0 Å². The molecule has 7 heteroatoms. The Morgan fingerprint density at radius 1 is 1.09 bits per heavy atom. The maximum atomic E-state index is 12.2. The van der Waals surface area contributed by atoms with Crippen molar-refractivity contribution in [2.45, 2.75) is 4.90 Å². The molecule has 0 fully saturated rings. The third kappa shape index (κ3) is 4.40. The van der Waals surface area contributed by atoms with Crippen LogP contribution in [0.2, 0.25) is 10.0 Å². The number of ether oxygens (including phenoxy) is 1. The minimum atomic E-state index is -0.554. The molecule has 0 unspecified atom stereocenters. The molecule has 0 aliphatic carbocycles. The van der Waals surface area contributed by atoms with Gasteiger partial charge in [-0.05, 0) is 54.2 Å². The highest BCUT2D eigenvalue weighted by atomic mass is 35.5. The van der Waals surface area contributed by atoms with Crippen molar-refractivity contribution in [1.82, 2.24) is 0 Å². The lowest BCUT2D eigenvalue weighted by Crippen LogP contribution is -2.10. The first kappa shape index (κ1) is 16.7. The lowest BCUT2D eigenvalue weighted by Gasteiger charge is -2.06. The summed E-state index contributed by atoms with van der Waals surface area (Å²) >= 11 is 12.9. The van der Waals surface area contributed by atoms with E-state index in [2.05, 4.69) is 10.1 Å². The Morgan fingerprint density at radius 2 is 1.77 bits per heavy atom. The second-order valence-corrected chi connectivity index (χ2v) is 6.04. The van der Waals surface area contributed by atoms with Crippen molar-refractivity contribution in [2.24, 2.45) is 0 Å². The molecule has 4 nitrogen and oxygen atoms in total. The molecule has 0 radical (unpaired) electrons. The molecular weight excluding hydrogens is 345 g/mol. The summed E-state index contributed by atoms with van der Waals surface area (Å²) in [6.45, 7) is 0. The average molecular weight is 356 g/mol. The summed E-state index contributed by atoms with van der Waals surface area (Å²) in [7, 11) is 1.28. The maximum absolute atomic E-state index is 12.2. The van der Waals surface area contributed by atoms with E-state index in [-0.39, 0.29) is 5.12 Å². The van der Waals surface area contributed by atoms with E-state index in [4.69, 9.17) is 23.2 Å². The monoisotopic (exact) mass is 355 g/mol. The Balaban J connectivity index is 2.08. The number of anilines is 1. The van der Waals surface area contributed by atoms with Crippen LogP contribution in [-0.2, 0) is 4.74 Å². The van der Waals surface area contributed by atoms with Gasteiger partial charge in [-0.3, -0.25) is 10.1 Å². The van der Waals surface area contributed by atoms with E-state index in [0.29, 0.717) is 21.3 Å². The fraction of sp³-hybridized carbons (Fsp3) is 0.0667. The first-order chi connectivity index (χ1) is 10.5. The van der Waals surface area contributed by atoms with E-state index >= 15 is 0 Å². The number of hydrogen-bond acceptors (Lipinski definition) is 4. The van der Waals surface area contributed by atoms with Crippen LogP contribution in [0, 0.1) is 0 Å². The summed E-state index contributed by atoms with van der Waals surface area (Å²) < 4.78 is 4.49. The van der Waals surface area contributed by atoms with Gasteiger partial charge in [0.15, 0.2) is 0 Å². The van der Waals surface area contributed by atoms with E-state index in [1.54, 1.807) is 36.4 Å². The molecule has 0 atom stereocenters. The summed E-state index contributed by atoms with van der Waals surface area (Å²) in [5, 5.41) is 3.12. The van der Waals surface area contributed by atoms with E-state index < -0.39 is 6.09 Å². The van der Waals surface area contributed by atoms with Gasteiger partial charge in [0.05, 0.1) is 12.1 Å². The van der Waals surface area contributed by atoms with Crippen molar-refractivity contribution < 1.29 is 14.3 Å². The van der Waals surface area contributed by atoms with Crippen molar-refractivity contribution in [3.8, 4) is 0 Å². The zero-order valence-corrected chi connectivity index (χ0v) is 13.8. The van der Waals surface area contributed by atoms with Gasteiger partial charge in [0.2, 0.25) is 5.12 Å². The first-order valence-electron chi connectivity index (χ1n) is 6.12. The lowest BCUT2D eigenvalue weighted by atomic mass is 10.2. The molecule has 22 heavy (non-hydrogen) atoms. The van der Waals surface area contributed by atoms with Crippen molar-refractivity contribution in [2.75, 3.05) is 12.4 Å². The smallest absolute Gasteiger partial charge is 0.411 e. The molecule has 2 aromatic carbocycles. The van der Waals surface area contributed by atoms with Gasteiger partial charge in [0.1, 0.15) is 0 Å². The molecule has 0 aliphatic rings. The number of amides is 1. The third-order valence-electron chi connectivity index (χ3n) is 2.64. The minimum Gasteiger partial charge on any atom is -0.453 e. The number of rotatable bonds is 3. The number of halogens is 2. The Bertz CT molecular complexity index is 704. The number of carbonyl (C=O) groups is 2. The normalized spacial score (nSPS) is 10.1. The van der Waals surface area contributed by atoms with Gasteiger partial charge in [0, 0.05) is 21.2 Å². The highest BCUT2D eigenvalue weighted by Gasteiger charge is 2.13. The number of benzene rings is 2. The summed E-state index contributed by atoms with van der Waals surface area (Å²) in [4.78, 5) is 24.0. The van der Waals surface area contributed by atoms with E-state index in [9.17, 15) is 9.59 Å². The van der Waals surface area contributed by atoms with Crippen molar-refractivity contribution in [1.29, 1.82) is 0 Å².